The molecule has 7 heteroatoms. The first-order valence-corrected chi connectivity index (χ1v) is 10.5. The van der Waals surface area contributed by atoms with Crippen LogP contribution in [0, 0.1) is 0 Å². The fourth-order valence-corrected chi connectivity index (χ4v) is 4.93. The molecule has 144 valence electrons. The van der Waals surface area contributed by atoms with Gasteiger partial charge >= 0.3 is 5.97 Å². The van der Waals surface area contributed by atoms with Gasteiger partial charge in [0, 0.05) is 29.7 Å². The van der Waals surface area contributed by atoms with Crippen LogP contribution in [0.4, 0.5) is 5.69 Å². The molecule has 6 nitrogen and oxygen atoms in total. The van der Waals surface area contributed by atoms with Gasteiger partial charge in [0.15, 0.2) is 0 Å². The Labute approximate surface area is 162 Å². The summed E-state index contributed by atoms with van der Waals surface area (Å²) in [7, 11) is 1.69. The molecule has 4 rings (SSSR count). The number of H-pyrrole nitrogens is 1. The van der Waals surface area contributed by atoms with Crippen molar-refractivity contribution < 1.29 is 14.6 Å². The van der Waals surface area contributed by atoms with E-state index in [1.54, 1.807) is 18.9 Å². The molecular weight excluding hydrogens is 362 g/mol. The molecule has 2 aromatic rings. The Morgan fingerprint density at radius 3 is 2.93 bits per heavy atom. The number of aromatic amines is 1. The van der Waals surface area contributed by atoms with E-state index in [0.29, 0.717) is 12.5 Å². The first-order chi connectivity index (χ1) is 13.1. The molecule has 1 saturated carbocycles. The molecule has 1 unspecified atom stereocenters. The number of hydrogen-bond donors (Lipinski definition) is 3. The molecular formula is C20H25N3O3S. The van der Waals surface area contributed by atoms with Gasteiger partial charge in [0.25, 0.3) is 0 Å². The standard InChI is InChI=1S/C20H25N3O3S/c1-26-15-8-12-9-17(20-22-14(11-27-20)6-7-18(24)25)23-19(12)16(10-15)21-13-4-2-3-5-13/h8-10,13-14,21,23H,2-7,11H2,1H3,(H,24,25). The minimum atomic E-state index is -0.760. The lowest BCUT2D eigenvalue weighted by atomic mass is 10.1. The number of ether oxygens (including phenoxy) is 1. The highest BCUT2D eigenvalue weighted by Gasteiger charge is 2.23. The van der Waals surface area contributed by atoms with Crippen LogP contribution in [0.15, 0.2) is 23.2 Å². The predicted octanol–water partition coefficient (Wildman–Crippen LogP) is 4.26. The van der Waals surface area contributed by atoms with Gasteiger partial charge < -0.3 is 20.1 Å². The van der Waals surface area contributed by atoms with Gasteiger partial charge in [-0.2, -0.15) is 0 Å². The Morgan fingerprint density at radius 1 is 1.37 bits per heavy atom. The molecule has 0 amide bonds. The summed E-state index contributed by atoms with van der Waals surface area (Å²) in [5.41, 5.74) is 3.15. The van der Waals surface area contributed by atoms with E-state index in [0.717, 1.165) is 38.8 Å². The highest BCUT2D eigenvalue weighted by atomic mass is 32.2. The van der Waals surface area contributed by atoms with Gasteiger partial charge in [-0.25, -0.2) is 0 Å². The van der Waals surface area contributed by atoms with Crippen LogP contribution in [0.25, 0.3) is 10.9 Å². The second-order valence-electron chi connectivity index (χ2n) is 7.28. The Morgan fingerprint density at radius 2 is 2.19 bits per heavy atom. The fraction of sp³-hybridized carbons (Fsp3) is 0.500. The van der Waals surface area contributed by atoms with E-state index in [2.05, 4.69) is 22.4 Å². The molecule has 1 aromatic heterocycles. The number of aliphatic imine (C=N–C) groups is 1. The molecule has 1 aliphatic heterocycles. The number of carboxylic acid groups (broad SMARTS) is 1. The molecule has 3 N–H and O–H groups in total. The first-order valence-electron chi connectivity index (χ1n) is 9.52. The van der Waals surface area contributed by atoms with Gasteiger partial charge in [0.05, 0.1) is 30.0 Å². The second-order valence-corrected chi connectivity index (χ2v) is 8.29. The number of benzene rings is 1. The summed E-state index contributed by atoms with van der Waals surface area (Å²) in [6.07, 6.45) is 5.74. The molecule has 0 spiro atoms. The zero-order valence-corrected chi connectivity index (χ0v) is 16.3. The molecule has 2 aliphatic rings. The number of thioether (sulfide) groups is 1. The average Bonchev–Trinajstić information content (AvgIpc) is 3.39. The maximum absolute atomic E-state index is 10.8. The van der Waals surface area contributed by atoms with E-state index >= 15 is 0 Å². The van der Waals surface area contributed by atoms with E-state index in [1.165, 1.54) is 25.7 Å². The predicted molar refractivity (Wildman–Crippen MR) is 110 cm³/mol. The molecule has 0 saturated heterocycles. The van der Waals surface area contributed by atoms with Crippen molar-refractivity contribution in [3.63, 3.8) is 0 Å². The van der Waals surface area contributed by atoms with Gasteiger partial charge in [-0.05, 0) is 31.4 Å². The second kappa shape index (κ2) is 7.84. The lowest BCUT2D eigenvalue weighted by Gasteiger charge is -2.15. The van der Waals surface area contributed by atoms with Crippen LogP contribution in [0.5, 0.6) is 5.75 Å². The van der Waals surface area contributed by atoms with E-state index in [4.69, 9.17) is 14.8 Å². The summed E-state index contributed by atoms with van der Waals surface area (Å²) in [6, 6.07) is 6.81. The largest absolute Gasteiger partial charge is 0.497 e. The number of carbonyl (C=O) groups is 1. The quantitative estimate of drug-likeness (QED) is 0.661. The monoisotopic (exact) mass is 387 g/mol. The van der Waals surface area contributed by atoms with Gasteiger partial charge in [0.1, 0.15) is 10.8 Å². The van der Waals surface area contributed by atoms with Crippen molar-refractivity contribution in [2.75, 3.05) is 18.2 Å². The van der Waals surface area contributed by atoms with Crippen molar-refractivity contribution in [3.8, 4) is 5.75 Å². The minimum Gasteiger partial charge on any atom is -0.497 e. The molecule has 0 bridgehead atoms. The van der Waals surface area contributed by atoms with Crippen molar-refractivity contribution in [1.82, 2.24) is 4.98 Å². The number of anilines is 1. The maximum atomic E-state index is 10.8. The molecule has 1 atom stereocenters. The summed E-state index contributed by atoms with van der Waals surface area (Å²) < 4.78 is 5.49. The number of rotatable bonds is 7. The van der Waals surface area contributed by atoms with Crippen molar-refractivity contribution in [3.05, 3.63) is 23.9 Å². The number of aliphatic carboxylic acids is 1. The van der Waals surface area contributed by atoms with Crippen LogP contribution in [0.1, 0.15) is 44.2 Å². The summed E-state index contributed by atoms with van der Waals surface area (Å²) in [5.74, 6) is 0.923. The summed E-state index contributed by atoms with van der Waals surface area (Å²) in [5, 5.41) is 14.6. The van der Waals surface area contributed by atoms with Gasteiger partial charge in [-0.15, -0.1) is 11.8 Å². The zero-order valence-electron chi connectivity index (χ0n) is 15.5. The summed E-state index contributed by atoms with van der Waals surface area (Å²) in [6.45, 7) is 0. The Kier molecular flexibility index (Phi) is 5.29. The van der Waals surface area contributed by atoms with E-state index in [-0.39, 0.29) is 12.5 Å². The van der Waals surface area contributed by atoms with Gasteiger partial charge in [-0.3, -0.25) is 9.79 Å². The first kappa shape index (κ1) is 18.2. The maximum Gasteiger partial charge on any atom is 0.303 e. The van der Waals surface area contributed by atoms with Crippen LogP contribution in [-0.4, -0.2) is 46.0 Å². The van der Waals surface area contributed by atoms with Crippen LogP contribution in [0.2, 0.25) is 0 Å². The Hall–Kier alpha value is -2.15. The van der Waals surface area contributed by atoms with E-state index in [1.807, 2.05) is 6.07 Å². The van der Waals surface area contributed by atoms with Crippen LogP contribution in [0.3, 0.4) is 0 Å². The molecule has 1 fully saturated rings. The third-order valence-corrected chi connectivity index (χ3v) is 6.44. The normalized spacial score (nSPS) is 20.2. The van der Waals surface area contributed by atoms with E-state index in [9.17, 15) is 4.79 Å². The number of hydrogen-bond acceptors (Lipinski definition) is 5. The highest BCUT2D eigenvalue weighted by Crippen LogP contribution is 2.34. The average molecular weight is 388 g/mol. The van der Waals surface area contributed by atoms with Crippen LogP contribution < -0.4 is 10.1 Å². The third kappa shape index (κ3) is 4.08. The van der Waals surface area contributed by atoms with Crippen LogP contribution >= 0.6 is 11.8 Å². The Bertz CT molecular complexity index is 871. The third-order valence-electron chi connectivity index (χ3n) is 5.29. The smallest absolute Gasteiger partial charge is 0.303 e. The van der Waals surface area contributed by atoms with Crippen LogP contribution in [-0.2, 0) is 4.79 Å². The zero-order chi connectivity index (χ0) is 18.8. The number of aromatic nitrogens is 1. The summed E-state index contributed by atoms with van der Waals surface area (Å²) in [4.78, 5) is 19.0. The number of fused-ring (bicyclic) bond motifs is 1. The van der Waals surface area contributed by atoms with Crippen molar-refractivity contribution in [1.29, 1.82) is 0 Å². The fourth-order valence-electron chi connectivity index (χ4n) is 3.85. The summed E-state index contributed by atoms with van der Waals surface area (Å²) >= 11 is 1.69. The molecule has 2 heterocycles. The van der Waals surface area contributed by atoms with Gasteiger partial charge in [-0.1, -0.05) is 12.8 Å². The van der Waals surface area contributed by atoms with Crippen molar-refractivity contribution in [2.24, 2.45) is 4.99 Å². The SMILES string of the molecule is COc1cc(NC2CCCC2)c2[nH]c(C3=NC(CCC(=O)O)CS3)cc2c1. The lowest BCUT2D eigenvalue weighted by Crippen LogP contribution is -2.14. The number of nitrogens with zero attached hydrogens (tertiary/aromatic N) is 1. The lowest BCUT2D eigenvalue weighted by molar-refractivity contribution is -0.137. The molecule has 1 aliphatic carbocycles. The van der Waals surface area contributed by atoms with Crippen molar-refractivity contribution in [2.45, 2.75) is 50.6 Å². The molecule has 0 radical (unpaired) electrons. The number of methoxy groups -OCH3 is 1. The topological polar surface area (TPSA) is 86.7 Å². The molecule has 27 heavy (non-hydrogen) atoms. The van der Waals surface area contributed by atoms with Gasteiger partial charge in [0.2, 0.25) is 0 Å². The highest BCUT2D eigenvalue weighted by molar-refractivity contribution is 8.14. The number of carboxylic acids is 1. The van der Waals surface area contributed by atoms with E-state index < -0.39 is 5.97 Å². The minimum absolute atomic E-state index is 0.0816. The Balaban J connectivity index is 1.61. The van der Waals surface area contributed by atoms with Crippen molar-refractivity contribution >= 4 is 39.4 Å². The molecule has 1 aromatic carbocycles. The number of nitrogens with one attached hydrogen (secondary N) is 2.